The summed E-state index contributed by atoms with van der Waals surface area (Å²) in [4.78, 5) is 8.70. The zero-order chi connectivity index (χ0) is 12.1. The molecular formula is C13H15N3S. The van der Waals surface area contributed by atoms with Crippen LogP contribution < -0.4 is 0 Å². The number of benzene rings is 1. The van der Waals surface area contributed by atoms with Gasteiger partial charge in [-0.25, -0.2) is 9.98 Å². The number of hydrogen-bond acceptors (Lipinski definition) is 3. The van der Waals surface area contributed by atoms with Gasteiger partial charge in [0.2, 0.25) is 0 Å². The van der Waals surface area contributed by atoms with Gasteiger partial charge in [0, 0.05) is 12.4 Å². The highest BCUT2D eigenvalue weighted by molar-refractivity contribution is 7.99. The molecule has 2 aromatic rings. The first-order valence-corrected chi connectivity index (χ1v) is 6.80. The van der Waals surface area contributed by atoms with Gasteiger partial charge in [0.15, 0.2) is 0 Å². The van der Waals surface area contributed by atoms with E-state index in [2.05, 4.69) is 35.3 Å². The Labute approximate surface area is 106 Å². The third-order valence-electron chi connectivity index (χ3n) is 2.37. The van der Waals surface area contributed by atoms with E-state index >= 15 is 0 Å². The minimum atomic E-state index is 0.865. The Kier molecular flexibility index (Phi) is 3.98. The molecule has 0 aliphatic rings. The molecule has 0 saturated heterocycles. The quantitative estimate of drug-likeness (QED) is 0.614. The van der Waals surface area contributed by atoms with Crippen LogP contribution in [-0.2, 0) is 0 Å². The number of aliphatic imine (C=N–C) groups is 1. The van der Waals surface area contributed by atoms with Crippen LogP contribution in [-0.4, -0.2) is 27.4 Å². The molecule has 1 aromatic carbocycles. The molecule has 0 N–H and O–H groups in total. The average Bonchev–Trinajstić information content (AvgIpc) is 2.85. The monoisotopic (exact) mass is 245 g/mol. The van der Waals surface area contributed by atoms with Crippen LogP contribution in [0.2, 0.25) is 0 Å². The molecule has 4 heteroatoms. The van der Waals surface area contributed by atoms with E-state index in [1.165, 1.54) is 5.56 Å². The van der Waals surface area contributed by atoms with Crippen molar-refractivity contribution in [1.29, 1.82) is 0 Å². The van der Waals surface area contributed by atoms with E-state index in [0.29, 0.717) is 0 Å². The Morgan fingerprint density at radius 3 is 2.71 bits per heavy atom. The minimum absolute atomic E-state index is 0.865. The number of rotatable bonds is 3. The molecule has 2 rings (SSSR count). The van der Waals surface area contributed by atoms with E-state index in [-0.39, 0.29) is 0 Å². The first-order valence-electron chi connectivity index (χ1n) is 5.41. The second-order valence-corrected chi connectivity index (χ2v) is 4.63. The first-order chi connectivity index (χ1) is 8.29. The van der Waals surface area contributed by atoms with Gasteiger partial charge in [-0.15, -0.1) is 0 Å². The van der Waals surface area contributed by atoms with Crippen molar-refractivity contribution >= 4 is 23.3 Å². The Balaban J connectivity index is 2.29. The molecule has 0 aliphatic heterocycles. The lowest BCUT2D eigenvalue weighted by molar-refractivity contribution is 1.11. The molecule has 1 heterocycles. The number of aryl methyl sites for hydroxylation is 1. The van der Waals surface area contributed by atoms with Gasteiger partial charge >= 0.3 is 0 Å². The Morgan fingerprint density at radius 1 is 1.35 bits per heavy atom. The number of nitrogens with zero attached hydrogens (tertiary/aromatic N) is 3. The highest BCUT2D eigenvalue weighted by Gasteiger charge is 2.01. The maximum atomic E-state index is 4.65. The largest absolute Gasteiger partial charge is 0.293 e. The van der Waals surface area contributed by atoms with E-state index in [1.54, 1.807) is 24.3 Å². The topological polar surface area (TPSA) is 30.2 Å². The summed E-state index contributed by atoms with van der Waals surface area (Å²) in [7, 11) is 0. The molecule has 0 spiro atoms. The zero-order valence-electron chi connectivity index (χ0n) is 10.00. The molecule has 0 unspecified atom stereocenters. The summed E-state index contributed by atoms with van der Waals surface area (Å²) in [5.74, 6) is 1.86. The third kappa shape index (κ3) is 3.20. The van der Waals surface area contributed by atoms with E-state index in [4.69, 9.17) is 0 Å². The summed E-state index contributed by atoms with van der Waals surface area (Å²) in [6, 6.07) is 8.21. The Bertz CT molecular complexity index is 486. The molecule has 0 amide bonds. The fraction of sp³-hybridized carbons (Fsp3) is 0.231. The van der Waals surface area contributed by atoms with E-state index in [1.807, 2.05) is 22.9 Å². The van der Waals surface area contributed by atoms with Crippen molar-refractivity contribution in [2.45, 2.75) is 6.92 Å². The van der Waals surface area contributed by atoms with Crippen LogP contribution in [0.3, 0.4) is 0 Å². The summed E-state index contributed by atoms with van der Waals surface area (Å²) < 4.78 is 1.95. The van der Waals surface area contributed by atoms with Crippen molar-refractivity contribution in [3.8, 4) is 0 Å². The number of imidazole rings is 1. The van der Waals surface area contributed by atoms with Crippen molar-refractivity contribution in [2.75, 3.05) is 12.0 Å². The molecular weight excluding hydrogens is 230 g/mol. The maximum absolute atomic E-state index is 4.65. The van der Waals surface area contributed by atoms with Gasteiger partial charge in [0.05, 0.1) is 11.4 Å². The summed E-state index contributed by atoms with van der Waals surface area (Å²) in [6.07, 6.45) is 7.54. The van der Waals surface area contributed by atoms with Gasteiger partial charge in [-0.1, -0.05) is 17.7 Å². The lowest BCUT2D eigenvalue weighted by atomic mass is 10.2. The third-order valence-corrected chi connectivity index (χ3v) is 2.91. The van der Waals surface area contributed by atoms with Crippen LogP contribution in [0.25, 0.3) is 0 Å². The molecule has 0 radical (unpaired) electrons. The Hall–Kier alpha value is -1.55. The van der Waals surface area contributed by atoms with Gasteiger partial charge in [0.25, 0.3) is 0 Å². The molecule has 0 fully saturated rings. The number of hydrogen-bond donors (Lipinski definition) is 0. The summed E-state index contributed by atoms with van der Waals surface area (Å²) in [5.41, 5.74) is 2.23. The van der Waals surface area contributed by atoms with E-state index in [9.17, 15) is 0 Å². The molecule has 0 bridgehead atoms. The molecule has 0 aliphatic carbocycles. The molecule has 1 aromatic heterocycles. The summed E-state index contributed by atoms with van der Waals surface area (Å²) in [6.45, 7) is 2.08. The standard InChI is InChI=1S/C13H15N3S/c1-11-3-5-12(6-4-11)15-13(9-17-2)16-8-7-14-10-16/h3-8,10H,9H2,1-2H3/b15-13+. The Morgan fingerprint density at radius 2 is 2.12 bits per heavy atom. The van der Waals surface area contributed by atoms with E-state index < -0.39 is 0 Å². The van der Waals surface area contributed by atoms with Gasteiger partial charge in [-0.05, 0) is 25.3 Å². The van der Waals surface area contributed by atoms with Gasteiger partial charge in [0.1, 0.15) is 12.2 Å². The fourth-order valence-corrected chi connectivity index (χ4v) is 1.95. The molecule has 17 heavy (non-hydrogen) atoms. The lowest BCUT2D eigenvalue weighted by Crippen LogP contribution is -2.12. The SMILES string of the molecule is CSC/C(=N\c1ccc(C)cc1)n1ccnc1. The van der Waals surface area contributed by atoms with Crippen molar-refractivity contribution in [3.63, 3.8) is 0 Å². The fourth-order valence-electron chi connectivity index (χ4n) is 1.47. The van der Waals surface area contributed by atoms with Crippen molar-refractivity contribution in [2.24, 2.45) is 4.99 Å². The summed E-state index contributed by atoms with van der Waals surface area (Å²) in [5, 5.41) is 0. The van der Waals surface area contributed by atoms with Crippen molar-refractivity contribution in [3.05, 3.63) is 48.5 Å². The smallest absolute Gasteiger partial charge is 0.124 e. The number of thioether (sulfide) groups is 1. The number of aromatic nitrogens is 2. The maximum Gasteiger partial charge on any atom is 0.124 e. The second-order valence-electron chi connectivity index (χ2n) is 3.77. The van der Waals surface area contributed by atoms with Crippen molar-refractivity contribution < 1.29 is 0 Å². The molecule has 0 saturated carbocycles. The zero-order valence-corrected chi connectivity index (χ0v) is 10.8. The molecule has 88 valence electrons. The predicted molar refractivity (Wildman–Crippen MR) is 74.3 cm³/mol. The average molecular weight is 245 g/mol. The van der Waals surface area contributed by atoms with Crippen molar-refractivity contribution in [1.82, 2.24) is 9.55 Å². The minimum Gasteiger partial charge on any atom is -0.293 e. The second kappa shape index (κ2) is 5.68. The van der Waals surface area contributed by atoms with Crippen LogP contribution in [0.15, 0.2) is 48.0 Å². The molecule has 0 atom stereocenters. The van der Waals surface area contributed by atoms with Crippen LogP contribution in [0.4, 0.5) is 5.69 Å². The highest BCUT2D eigenvalue weighted by atomic mass is 32.2. The van der Waals surface area contributed by atoms with Crippen LogP contribution in [0, 0.1) is 6.92 Å². The normalized spacial score (nSPS) is 11.8. The first kappa shape index (κ1) is 11.9. The van der Waals surface area contributed by atoms with Crippen LogP contribution in [0.5, 0.6) is 0 Å². The van der Waals surface area contributed by atoms with Gasteiger partial charge < -0.3 is 0 Å². The van der Waals surface area contributed by atoms with Crippen LogP contribution in [0.1, 0.15) is 5.56 Å². The molecule has 3 nitrogen and oxygen atoms in total. The summed E-state index contributed by atoms with van der Waals surface area (Å²) >= 11 is 1.75. The van der Waals surface area contributed by atoms with Gasteiger partial charge in [-0.2, -0.15) is 11.8 Å². The van der Waals surface area contributed by atoms with E-state index in [0.717, 1.165) is 17.3 Å². The lowest BCUT2D eigenvalue weighted by Gasteiger charge is -2.05. The highest BCUT2D eigenvalue weighted by Crippen LogP contribution is 2.14. The van der Waals surface area contributed by atoms with Crippen LogP contribution >= 0.6 is 11.8 Å². The van der Waals surface area contributed by atoms with Gasteiger partial charge in [-0.3, -0.25) is 4.57 Å². The predicted octanol–water partition coefficient (Wildman–Crippen LogP) is 3.13.